The van der Waals surface area contributed by atoms with Gasteiger partial charge in [0.2, 0.25) is 0 Å². The summed E-state index contributed by atoms with van der Waals surface area (Å²) in [6.45, 7) is 5.19. The number of thioether (sulfide) groups is 1. The molecule has 6 heteroatoms. The highest BCUT2D eigenvalue weighted by Crippen LogP contribution is 2.39. The Kier molecular flexibility index (Phi) is 5.72. The number of ether oxygens (including phenoxy) is 1. The highest BCUT2D eigenvalue weighted by molar-refractivity contribution is 7.99. The fraction of sp³-hybridized carbons (Fsp3) is 0.650. The number of likely N-dealkylation sites (N-methyl/N-ethyl adjacent to an activating group) is 1. The minimum absolute atomic E-state index is 0.189. The first-order chi connectivity index (χ1) is 12.4. The lowest BCUT2D eigenvalue weighted by atomic mass is 9.90. The van der Waals surface area contributed by atoms with Crippen LogP contribution in [0.5, 0.6) is 5.75 Å². The normalized spacial score (nSPS) is 27.8. The van der Waals surface area contributed by atoms with Crippen molar-refractivity contribution in [3.05, 3.63) is 29.8 Å². The van der Waals surface area contributed by atoms with Crippen LogP contribution in [0, 0.1) is 0 Å². The maximum absolute atomic E-state index is 6.14. The lowest BCUT2D eigenvalue weighted by molar-refractivity contribution is 0.0693. The summed E-state index contributed by atoms with van der Waals surface area (Å²) in [5, 5.41) is 7.21. The molecule has 26 heavy (non-hydrogen) atoms. The van der Waals surface area contributed by atoms with Gasteiger partial charge in [0, 0.05) is 36.9 Å². The van der Waals surface area contributed by atoms with Gasteiger partial charge in [-0.1, -0.05) is 18.2 Å². The Bertz CT molecular complexity index is 653. The van der Waals surface area contributed by atoms with E-state index in [1.165, 1.54) is 17.7 Å². The summed E-state index contributed by atoms with van der Waals surface area (Å²) in [7, 11) is 6.21. The van der Waals surface area contributed by atoms with E-state index in [9.17, 15) is 0 Å². The molecule has 1 saturated heterocycles. The van der Waals surface area contributed by atoms with Crippen molar-refractivity contribution in [1.82, 2.24) is 15.5 Å². The third-order valence-corrected chi connectivity index (χ3v) is 6.76. The van der Waals surface area contributed by atoms with Gasteiger partial charge in [0.1, 0.15) is 11.4 Å². The number of hydrogen-bond acceptors (Lipinski definition) is 4. The van der Waals surface area contributed by atoms with E-state index in [4.69, 9.17) is 4.74 Å². The fourth-order valence-electron chi connectivity index (χ4n) is 3.79. The largest absolute Gasteiger partial charge is 0.487 e. The lowest BCUT2D eigenvalue weighted by Gasteiger charge is -2.39. The van der Waals surface area contributed by atoms with Crippen molar-refractivity contribution in [3.8, 4) is 5.75 Å². The molecule has 2 aliphatic heterocycles. The van der Waals surface area contributed by atoms with Crippen LogP contribution in [0.25, 0.3) is 0 Å². The van der Waals surface area contributed by atoms with Crippen molar-refractivity contribution in [2.75, 3.05) is 39.2 Å². The van der Waals surface area contributed by atoms with Gasteiger partial charge in [-0.2, -0.15) is 11.8 Å². The molecule has 144 valence electrons. The van der Waals surface area contributed by atoms with E-state index in [0.29, 0.717) is 0 Å². The van der Waals surface area contributed by atoms with Gasteiger partial charge in [-0.05, 0) is 46.2 Å². The molecule has 0 saturated carbocycles. The van der Waals surface area contributed by atoms with Gasteiger partial charge < -0.3 is 20.3 Å². The van der Waals surface area contributed by atoms with Crippen LogP contribution in [-0.4, -0.2) is 61.2 Å². The number of rotatable bonds is 4. The molecule has 1 fully saturated rings. The third-order valence-electron chi connectivity index (χ3n) is 5.53. The Morgan fingerprint density at radius 1 is 1.35 bits per heavy atom. The van der Waals surface area contributed by atoms with Gasteiger partial charge in [0.15, 0.2) is 5.96 Å². The summed E-state index contributed by atoms with van der Waals surface area (Å²) in [5.41, 5.74) is 1.21. The van der Waals surface area contributed by atoms with Crippen molar-refractivity contribution < 1.29 is 4.74 Å². The second-order valence-corrected chi connectivity index (χ2v) is 9.25. The van der Waals surface area contributed by atoms with Crippen molar-refractivity contribution in [1.29, 1.82) is 0 Å². The molecule has 0 spiro atoms. The first kappa shape index (κ1) is 19.4. The lowest BCUT2D eigenvalue weighted by Crippen LogP contribution is -2.55. The van der Waals surface area contributed by atoms with Crippen LogP contribution >= 0.6 is 11.8 Å². The molecule has 5 nitrogen and oxygen atoms in total. The Morgan fingerprint density at radius 3 is 2.77 bits per heavy atom. The van der Waals surface area contributed by atoms with E-state index in [2.05, 4.69) is 66.7 Å². The first-order valence-corrected chi connectivity index (χ1v) is 10.5. The van der Waals surface area contributed by atoms with Crippen LogP contribution < -0.4 is 15.4 Å². The minimum atomic E-state index is -0.197. The van der Waals surface area contributed by atoms with E-state index in [0.717, 1.165) is 30.4 Å². The summed E-state index contributed by atoms with van der Waals surface area (Å²) < 4.78 is 6.14. The first-order valence-electron chi connectivity index (χ1n) is 9.36. The average Bonchev–Trinajstić information content (AvgIpc) is 3.08. The Morgan fingerprint density at radius 2 is 2.12 bits per heavy atom. The molecule has 2 N–H and O–H groups in total. The Labute approximate surface area is 162 Å². The van der Waals surface area contributed by atoms with Crippen LogP contribution in [0.15, 0.2) is 29.3 Å². The number of para-hydroxylation sites is 1. The van der Waals surface area contributed by atoms with Crippen molar-refractivity contribution in [2.24, 2.45) is 4.99 Å². The predicted molar refractivity (Wildman–Crippen MR) is 111 cm³/mol. The standard InChI is InChI=1S/C20H32N4OS/c1-19(2)12-16(15-8-6-7-9-17(15)25-19)23-18(21-3)22-13-20(24(4)5)10-11-26-14-20/h6-9,16H,10-14H2,1-5H3,(H2,21,22,23). The molecule has 2 unspecified atom stereocenters. The molecule has 2 heterocycles. The molecule has 0 bridgehead atoms. The summed E-state index contributed by atoms with van der Waals surface area (Å²) in [6, 6.07) is 8.49. The Hall–Kier alpha value is -1.40. The molecule has 0 radical (unpaired) electrons. The monoisotopic (exact) mass is 376 g/mol. The van der Waals surface area contributed by atoms with Crippen molar-refractivity contribution >= 4 is 17.7 Å². The number of hydrogen-bond donors (Lipinski definition) is 2. The quantitative estimate of drug-likeness (QED) is 0.625. The zero-order valence-electron chi connectivity index (χ0n) is 16.6. The van der Waals surface area contributed by atoms with Gasteiger partial charge in [0.25, 0.3) is 0 Å². The van der Waals surface area contributed by atoms with Gasteiger partial charge in [-0.15, -0.1) is 0 Å². The number of nitrogens with zero attached hydrogens (tertiary/aromatic N) is 2. The molecule has 0 aliphatic carbocycles. The SMILES string of the molecule is CN=C(NCC1(N(C)C)CCSC1)NC1CC(C)(C)Oc2ccccc21. The maximum atomic E-state index is 6.14. The van der Waals surface area contributed by atoms with Crippen LogP contribution in [0.3, 0.4) is 0 Å². The summed E-state index contributed by atoms with van der Waals surface area (Å²) in [4.78, 5) is 6.84. The second-order valence-electron chi connectivity index (χ2n) is 8.15. The smallest absolute Gasteiger partial charge is 0.191 e. The average molecular weight is 377 g/mol. The van der Waals surface area contributed by atoms with E-state index in [-0.39, 0.29) is 17.2 Å². The third kappa shape index (κ3) is 4.12. The summed E-state index contributed by atoms with van der Waals surface area (Å²) >= 11 is 2.04. The van der Waals surface area contributed by atoms with E-state index >= 15 is 0 Å². The predicted octanol–water partition coefficient (Wildman–Crippen LogP) is 2.89. The number of aliphatic imine (C=N–C) groups is 1. The van der Waals surface area contributed by atoms with Crippen LogP contribution in [0.2, 0.25) is 0 Å². The van der Waals surface area contributed by atoms with Gasteiger partial charge >= 0.3 is 0 Å². The highest BCUT2D eigenvalue weighted by atomic mass is 32.2. The molecular weight excluding hydrogens is 344 g/mol. The zero-order valence-corrected chi connectivity index (χ0v) is 17.4. The maximum Gasteiger partial charge on any atom is 0.191 e. The zero-order chi connectivity index (χ0) is 18.8. The number of guanidine groups is 1. The highest BCUT2D eigenvalue weighted by Gasteiger charge is 2.37. The van der Waals surface area contributed by atoms with Gasteiger partial charge in [0.05, 0.1) is 6.04 Å². The summed E-state index contributed by atoms with van der Waals surface area (Å²) in [5.74, 6) is 4.22. The molecule has 1 aromatic carbocycles. The van der Waals surface area contributed by atoms with Crippen LogP contribution in [0.4, 0.5) is 0 Å². The van der Waals surface area contributed by atoms with E-state index < -0.39 is 0 Å². The molecule has 1 aromatic rings. The van der Waals surface area contributed by atoms with E-state index in [1.54, 1.807) is 0 Å². The topological polar surface area (TPSA) is 48.9 Å². The number of benzene rings is 1. The van der Waals surface area contributed by atoms with Gasteiger partial charge in [-0.25, -0.2) is 0 Å². The molecular formula is C20H32N4OS. The van der Waals surface area contributed by atoms with Crippen LogP contribution in [0.1, 0.15) is 38.3 Å². The molecule has 2 atom stereocenters. The van der Waals surface area contributed by atoms with Gasteiger partial charge in [-0.3, -0.25) is 4.99 Å². The van der Waals surface area contributed by atoms with Crippen molar-refractivity contribution in [2.45, 2.75) is 43.9 Å². The Balaban J connectivity index is 1.70. The van der Waals surface area contributed by atoms with Crippen LogP contribution in [-0.2, 0) is 0 Å². The minimum Gasteiger partial charge on any atom is -0.487 e. The fourth-order valence-corrected chi connectivity index (χ4v) is 5.34. The number of nitrogens with one attached hydrogen (secondary N) is 2. The van der Waals surface area contributed by atoms with Crippen molar-refractivity contribution in [3.63, 3.8) is 0 Å². The van der Waals surface area contributed by atoms with E-state index in [1.807, 2.05) is 24.9 Å². The molecule has 2 aliphatic rings. The summed E-state index contributed by atoms with van der Waals surface area (Å²) in [6.07, 6.45) is 2.11. The molecule has 0 amide bonds. The molecule has 0 aromatic heterocycles. The molecule has 3 rings (SSSR count). The second kappa shape index (κ2) is 7.69. The number of fused-ring (bicyclic) bond motifs is 1.